The number of alkyl carbamates (subject to hydrolysis) is 1. The van der Waals surface area contributed by atoms with Crippen LogP contribution in [0.1, 0.15) is 38.8 Å². The summed E-state index contributed by atoms with van der Waals surface area (Å²) < 4.78 is 10.1. The average Bonchev–Trinajstić information content (AvgIpc) is 2.44. The number of ether oxygens (including phenoxy) is 2. The molecule has 0 spiro atoms. The highest BCUT2D eigenvalue weighted by Gasteiger charge is 2.26. The highest BCUT2D eigenvalue weighted by Crippen LogP contribution is 2.20. The SMILES string of the molecule is COc1ccc([C@H](N)C[C@@H](NC(=O)OC(C)(C)C)C(=O)O)cc1. The topological polar surface area (TPSA) is 111 Å². The lowest BCUT2D eigenvalue weighted by molar-refractivity contribution is -0.139. The van der Waals surface area contributed by atoms with Crippen molar-refractivity contribution in [3.8, 4) is 5.75 Å². The molecule has 0 radical (unpaired) electrons. The van der Waals surface area contributed by atoms with Gasteiger partial charge in [0, 0.05) is 6.04 Å². The van der Waals surface area contributed by atoms with E-state index in [1.165, 1.54) is 0 Å². The highest BCUT2D eigenvalue weighted by atomic mass is 16.6. The summed E-state index contributed by atoms with van der Waals surface area (Å²) >= 11 is 0. The van der Waals surface area contributed by atoms with Crippen LogP contribution in [0.15, 0.2) is 24.3 Å². The van der Waals surface area contributed by atoms with Crippen LogP contribution in [0.5, 0.6) is 5.75 Å². The molecule has 0 unspecified atom stereocenters. The Morgan fingerprint density at radius 3 is 2.26 bits per heavy atom. The molecular weight excluding hydrogens is 300 g/mol. The van der Waals surface area contributed by atoms with Gasteiger partial charge in [-0.2, -0.15) is 0 Å². The zero-order valence-electron chi connectivity index (χ0n) is 13.8. The van der Waals surface area contributed by atoms with Crippen molar-refractivity contribution in [2.75, 3.05) is 7.11 Å². The van der Waals surface area contributed by atoms with Crippen molar-refractivity contribution in [3.05, 3.63) is 29.8 Å². The number of amides is 1. The van der Waals surface area contributed by atoms with E-state index in [0.29, 0.717) is 5.75 Å². The maximum atomic E-state index is 11.7. The smallest absolute Gasteiger partial charge is 0.408 e. The maximum absolute atomic E-state index is 11.7. The van der Waals surface area contributed by atoms with Crippen LogP contribution in [-0.2, 0) is 9.53 Å². The van der Waals surface area contributed by atoms with Gasteiger partial charge in [-0.3, -0.25) is 0 Å². The van der Waals surface area contributed by atoms with Gasteiger partial charge >= 0.3 is 12.1 Å². The van der Waals surface area contributed by atoms with Crippen LogP contribution >= 0.6 is 0 Å². The van der Waals surface area contributed by atoms with E-state index in [9.17, 15) is 14.7 Å². The zero-order valence-corrected chi connectivity index (χ0v) is 13.8. The predicted molar refractivity (Wildman–Crippen MR) is 85.3 cm³/mol. The van der Waals surface area contributed by atoms with E-state index in [1.54, 1.807) is 52.1 Å². The van der Waals surface area contributed by atoms with E-state index in [1.807, 2.05) is 0 Å². The molecule has 0 fully saturated rings. The fourth-order valence-corrected chi connectivity index (χ4v) is 1.91. The van der Waals surface area contributed by atoms with Gasteiger partial charge in [0.2, 0.25) is 0 Å². The summed E-state index contributed by atoms with van der Waals surface area (Å²) in [4.78, 5) is 23.0. The number of hydrogen-bond donors (Lipinski definition) is 3. The summed E-state index contributed by atoms with van der Waals surface area (Å²) in [5.41, 5.74) is 6.08. The van der Waals surface area contributed by atoms with E-state index < -0.39 is 29.7 Å². The first kappa shape index (κ1) is 18.8. The molecule has 0 aliphatic heterocycles. The lowest BCUT2D eigenvalue weighted by atomic mass is 10.00. The molecule has 1 rings (SSSR count). The molecule has 7 nitrogen and oxygen atoms in total. The van der Waals surface area contributed by atoms with E-state index in [4.69, 9.17) is 15.2 Å². The number of benzene rings is 1. The molecular formula is C16H24N2O5. The minimum absolute atomic E-state index is 0.0426. The molecule has 1 amide bonds. The molecule has 7 heteroatoms. The lowest BCUT2D eigenvalue weighted by Gasteiger charge is -2.23. The van der Waals surface area contributed by atoms with E-state index in [0.717, 1.165) is 5.56 Å². The van der Waals surface area contributed by atoms with Crippen molar-refractivity contribution < 1.29 is 24.2 Å². The van der Waals surface area contributed by atoms with Crippen LogP contribution in [-0.4, -0.2) is 35.9 Å². The standard InChI is InChI=1S/C16H24N2O5/c1-16(2,3)23-15(21)18-13(14(19)20)9-12(17)10-5-7-11(22-4)8-6-10/h5-8,12-13H,9,17H2,1-4H3,(H,18,21)(H,19,20)/t12-,13-/m1/s1. The Bertz CT molecular complexity index is 536. The van der Waals surface area contributed by atoms with E-state index >= 15 is 0 Å². The van der Waals surface area contributed by atoms with Crippen LogP contribution in [0.4, 0.5) is 4.79 Å². The number of carboxylic acids is 1. The molecule has 2 atom stereocenters. The van der Waals surface area contributed by atoms with Gasteiger partial charge in [0.15, 0.2) is 0 Å². The number of nitrogens with one attached hydrogen (secondary N) is 1. The van der Waals surface area contributed by atoms with Gasteiger partial charge in [0.05, 0.1) is 7.11 Å². The van der Waals surface area contributed by atoms with Crippen molar-refractivity contribution in [3.63, 3.8) is 0 Å². The Labute approximate surface area is 135 Å². The van der Waals surface area contributed by atoms with Crippen molar-refractivity contribution in [1.29, 1.82) is 0 Å². The number of aliphatic carboxylic acids is 1. The maximum Gasteiger partial charge on any atom is 0.408 e. The first-order chi connectivity index (χ1) is 10.6. The first-order valence-corrected chi connectivity index (χ1v) is 7.24. The number of methoxy groups -OCH3 is 1. The summed E-state index contributed by atoms with van der Waals surface area (Å²) in [5.74, 6) is -0.484. The summed E-state index contributed by atoms with van der Waals surface area (Å²) in [6.45, 7) is 5.10. The van der Waals surface area contributed by atoms with Gasteiger partial charge in [0.1, 0.15) is 17.4 Å². The van der Waals surface area contributed by atoms with E-state index in [-0.39, 0.29) is 6.42 Å². The van der Waals surface area contributed by atoms with Gasteiger partial charge in [-0.15, -0.1) is 0 Å². The van der Waals surface area contributed by atoms with Gasteiger partial charge in [0.25, 0.3) is 0 Å². The van der Waals surface area contributed by atoms with Crippen molar-refractivity contribution in [2.45, 2.75) is 44.9 Å². The number of carboxylic acid groups (broad SMARTS) is 1. The van der Waals surface area contributed by atoms with Crippen LogP contribution < -0.4 is 15.8 Å². The van der Waals surface area contributed by atoms with Crippen molar-refractivity contribution in [2.24, 2.45) is 5.73 Å². The molecule has 0 aliphatic rings. The first-order valence-electron chi connectivity index (χ1n) is 7.24. The minimum atomic E-state index is -1.17. The molecule has 0 aliphatic carbocycles. The average molecular weight is 324 g/mol. The number of carbonyl (C=O) groups excluding carboxylic acids is 1. The molecule has 1 aromatic carbocycles. The minimum Gasteiger partial charge on any atom is -0.497 e. The Kier molecular flexibility index (Phi) is 6.38. The van der Waals surface area contributed by atoms with Crippen LogP contribution in [0, 0.1) is 0 Å². The van der Waals surface area contributed by atoms with E-state index in [2.05, 4.69) is 5.32 Å². The molecule has 1 aromatic rings. The number of nitrogens with two attached hydrogens (primary N) is 1. The fraction of sp³-hybridized carbons (Fsp3) is 0.500. The second-order valence-electron chi connectivity index (χ2n) is 6.15. The third-order valence-electron chi connectivity index (χ3n) is 3.02. The summed E-state index contributed by atoms with van der Waals surface area (Å²) in [7, 11) is 1.56. The molecule has 0 heterocycles. The molecule has 0 saturated heterocycles. The predicted octanol–water partition coefficient (Wildman–Crippen LogP) is 2.06. The van der Waals surface area contributed by atoms with Crippen molar-refractivity contribution >= 4 is 12.1 Å². The summed E-state index contributed by atoms with van der Waals surface area (Å²) in [6.07, 6.45) is -0.743. The largest absolute Gasteiger partial charge is 0.497 e. The lowest BCUT2D eigenvalue weighted by Crippen LogP contribution is -2.44. The second-order valence-corrected chi connectivity index (χ2v) is 6.15. The Morgan fingerprint density at radius 1 is 1.26 bits per heavy atom. The van der Waals surface area contributed by atoms with Gasteiger partial charge < -0.3 is 25.6 Å². The third-order valence-corrected chi connectivity index (χ3v) is 3.02. The quantitative estimate of drug-likeness (QED) is 0.738. The highest BCUT2D eigenvalue weighted by molar-refractivity contribution is 5.80. The number of hydrogen-bond acceptors (Lipinski definition) is 5. The monoisotopic (exact) mass is 324 g/mol. The van der Waals surface area contributed by atoms with Gasteiger partial charge in [-0.25, -0.2) is 9.59 Å². The number of carbonyl (C=O) groups is 2. The van der Waals surface area contributed by atoms with Crippen LogP contribution in [0.2, 0.25) is 0 Å². The molecule has 0 aromatic heterocycles. The molecule has 4 N–H and O–H groups in total. The fourth-order valence-electron chi connectivity index (χ4n) is 1.91. The summed E-state index contributed by atoms with van der Waals surface area (Å²) in [6, 6.07) is 5.32. The Balaban J connectivity index is 2.71. The van der Waals surface area contributed by atoms with Crippen LogP contribution in [0.25, 0.3) is 0 Å². The Hall–Kier alpha value is -2.28. The van der Waals surface area contributed by atoms with Gasteiger partial charge in [-0.05, 0) is 44.9 Å². The number of rotatable bonds is 6. The molecule has 0 saturated carbocycles. The normalized spacial score (nSPS) is 13.8. The third kappa shape index (κ3) is 6.56. The molecule has 23 heavy (non-hydrogen) atoms. The second kappa shape index (κ2) is 7.82. The molecule has 0 bridgehead atoms. The molecule has 128 valence electrons. The Morgan fingerprint density at radius 2 is 1.83 bits per heavy atom. The zero-order chi connectivity index (χ0) is 17.6. The van der Waals surface area contributed by atoms with Gasteiger partial charge in [-0.1, -0.05) is 12.1 Å². The summed E-state index contributed by atoms with van der Waals surface area (Å²) in [5, 5.41) is 11.6. The van der Waals surface area contributed by atoms with Crippen LogP contribution in [0.3, 0.4) is 0 Å². The van der Waals surface area contributed by atoms with Crippen molar-refractivity contribution in [1.82, 2.24) is 5.32 Å².